The Balaban J connectivity index is 0.000000591. The number of nitrogens with zero attached hydrogens (tertiary/aromatic N) is 3. The Bertz CT molecular complexity index is 1810. The number of fused-ring (bicyclic) bond motifs is 5. The lowest BCUT2D eigenvalue weighted by molar-refractivity contribution is -0.192. The van der Waals surface area contributed by atoms with Crippen LogP contribution < -0.4 is 26.6 Å². The summed E-state index contributed by atoms with van der Waals surface area (Å²) in [6.45, 7) is 9.10. The van der Waals surface area contributed by atoms with E-state index >= 15 is 0 Å². The van der Waals surface area contributed by atoms with Gasteiger partial charge in [0.05, 0.1) is 12.2 Å². The van der Waals surface area contributed by atoms with Crippen LogP contribution in [0.5, 0.6) is 11.5 Å². The van der Waals surface area contributed by atoms with E-state index in [1.165, 1.54) is 16.3 Å². The van der Waals surface area contributed by atoms with Crippen LogP contribution in [0.2, 0.25) is 0 Å². The first-order valence-electron chi connectivity index (χ1n) is 13.7. The molecule has 2 aliphatic heterocycles. The van der Waals surface area contributed by atoms with Gasteiger partial charge in [-0.25, -0.2) is 33.1 Å². The fraction of sp³-hybridized carbons (Fsp3) is 0.367. The fourth-order valence-electron chi connectivity index (χ4n) is 4.96. The minimum Gasteiger partial charge on any atom is -0.483 e. The normalized spacial score (nSPS) is 16.9. The maximum atomic E-state index is 13.8. The third kappa shape index (κ3) is 6.34. The van der Waals surface area contributed by atoms with Gasteiger partial charge in [0.1, 0.15) is 29.2 Å². The van der Waals surface area contributed by atoms with E-state index in [-0.39, 0.29) is 24.0 Å². The molecule has 0 amide bonds. The van der Waals surface area contributed by atoms with Crippen LogP contribution in [-0.4, -0.2) is 54.6 Å². The first-order valence-corrected chi connectivity index (χ1v) is 13.7. The van der Waals surface area contributed by atoms with Crippen molar-refractivity contribution in [1.29, 1.82) is 0 Å². The molecule has 0 aliphatic carbocycles. The Morgan fingerprint density at radius 2 is 1.67 bits per heavy atom. The maximum Gasteiger partial charge on any atom is 0.490 e. The van der Waals surface area contributed by atoms with Crippen molar-refractivity contribution in [3.8, 4) is 17.2 Å². The molecule has 3 aromatic rings. The molecule has 0 saturated heterocycles. The number of nitrogens with two attached hydrogens (primary N) is 1. The van der Waals surface area contributed by atoms with Gasteiger partial charge >= 0.3 is 29.5 Å². The van der Waals surface area contributed by atoms with Crippen LogP contribution in [-0.2, 0) is 16.1 Å². The number of ether oxygens (including phenoxy) is 2. The van der Waals surface area contributed by atoms with Crippen molar-refractivity contribution in [2.75, 3.05) is 0 Å². The molecule has 2 aliphatic rings. The number of hydrogen-bond acceptors (Lipinski definition) is 8. The summed E-state index contributed by atoms with van der Waals surface area (Å²) in [6.07, 6.45) is -3.17. The topological polar surface area (TPSA) is 165 Å². The first kappa shape index (κ1) is 33.0. The molecule has 240 valence electrons. The van der Waals surface area contributed by atoms with Crippen LogP contribution in [0, 0.1) is 5.92 Å². The highest BCUT2D eigenvalue weighted by atomic mass is 19.4. The molecule has 0 spiro atoms. The van der Waals surface area contributed by atoms with E-state index in [1.54, 1.807) is 42.5 Å². The first-order chi connectivity index (χ1) is 20.8. The van der Waals surface area contributed by atoms with Crippen LogP contribution in [0.3, 0.4) is 0 Å². The minimum absolute atomic E-state index is 0.0865. The van der Waals surface area contributed by atoms with E-state index < -0.39 is 47.2 Å². The minimum atomic E-state index is -5.08. The Hall–Kier alpha value is -4.92. The van der Waals surface area contributed by atoms with Gasteiger partial charge in [0.15, 0.2) is 5.78 Å². The summed E-state index contributed by atoms with van der Waals surface area (Å²) >= 11 is 0. The van der Waals surface area contributed by atoms with Crippen LogP contribution in [0.1, 0.15) is 56.6 Å². The summed E-state index contributed by atoms with van der Waals surface area (Å²) in [5.74, 6) is -2.79. The Labute approximate surface area is 254 Å². The van der Waals surface area contributed by atoms with E-state index in [9.17, 15) is 32.3 Å². The molecule has 0 saturated carbocycles. The second-order valence-corrected chi connectivity index (χ2v) is 11.3. The van der Waals surface area contributed by atoms with Crippen molar-refractivity contribution in [2.45, 2.75) is 65.0 Å². The van der Waals surface area contributed by atoms with Crippen molar-refractivity contribution < 1.29 is 42.1 Å². The molecular formula is C30H31F3N4O8. The molecular weight excluding hydrogens is 601 g/mol. The average molecular weight is 633 g/mol. The van der Waals surface area contributed by atoms with Gasteiger partial charge in [-0.05, 0) is 68.7 Å². The summed E-state index contributed by atoms with van der Waals surface area (Å²) in [4.78, 5) is 60.2. The maximum absolute atomic E-state index is 13.8. The molecule has 0 bridgehead atoms. The SMILES string of the molecule is CC(=O)c1ccc(-n2c(=O)n3n(c2=O)C2C(=CC3)C(C)(C)Oc3cc(OC(=O)C(N)C(C)C)ccc32)cc1.O=C(O)C(F)(F)F. The molecule has 12 nitrogen and oxygen atoms in total. The van der Waals surface area contributed by atoms with Gasteiger partial charge in [-0.3, -0.25) is 4.79 Å². The number of carbonyl (C=O) groups is 3. The van der Waals surface area contributed by atoms with Crippen molar-refractivity contribution in [2.24, 2.45) is 11.7 Å². The molecule has 2 unspecified atom stereocenters. The molecule has 1 aromatic heterocycles. The number of esters is 1. The summed E-state index contributed by atoms with van der Waals surface area (Å²) in [6, 6.07) is 9.95. The number of hydrogen-bond donors (Lipinski definition) is 2. The number of rotatable bonds is 5. The quantitative estimate of drug-likeness (QED) is 0.186. The molecule has 2 atom stereocenters. The number of aliphatic carboxylic acids is 1. The van der Waals surface area contributed by atoms with Crippen molar-refractivity contribution in [3.63, 3.8) is 0 Å². The number of carbonyl (C=O) groups excluding carboxylic acids is 2. The van der Waals surface area contributed by atoms with E-state index in [4.69, 9.17) is 25.1 Å². The number of allylic oxidation sites excluding steroid dienone is 1. The van der Waals surface area contributed by atoms with Crippen molar-refractivity contribution in [1.82, 2.24) is 13.9 Å². The number of carboxylic acid groups (broad SMARTS) is 1. The smallest absolute Gasteiger partial charge is 0.483 e. The Morgan fingerprint density at radius 3 is 2.20 bits per heavy atom. The molecule has 0 radical (unpaired) electrons. The lowest BCUT2D eigenvalue weighted by atomic mass is 9.83. The largest absolute Gasteiger partial charge is 0.490 e. The van der Waals surface area contributed by atoms with Crippen LogP contribution in [0.15, 0.2) is 63.7 Å². The average Bonchev–Trinajstić information content (AvgIpc) is 3.21. The third-order valence-corrected chi connectivity index (χ3v) is 7.41. The van der Waals surface area contributed by atoms with E-state index in [2.05, 4.69) is 0 Å². The zero-order chi connectivity index (χ0) is 33.6. The highest BCUT2D eigenvalue weighted by molar-refractivity contribution is 5.94. The number of aromatic nitrogens is 3. The van der Waals surface area contributed by atoms with Gasteiger partial charge in [-0.15, -0.1) is 0 Å². The molecule has 3 heterocycles. The second kappa shape index (κ2) is 11.9. The summed E-state index contributed by atoms with van der Waals surface area (Å²) in [5.41, 5.74) is 6.48. The molecule has 5 rings (SSSR count). The predicted molar refractivity (Wildman–Crippen MR) is 154 cm³/mol. The zero-order valence-electron chi connectivity index (χ0n) is 24.9. The second-order valence-electron chi connectivity index (χ2n) is 11.3. The monoisotopic (exact) mass is 632 g/mol. The van der Waals surface area contributed by atoms with Crippen LogP contribution >= 0.6 is 0 Å². The van der Waals surface area contributed by atoms with Crippen molar-refractivity contribution in [3.05, 3.63) is 86.2 Å². The zero-order valence-corrected chi connectivity index (χ0v) is 24.9. The number of alkyl halides is 3. The number of halogens is 3. The van der Waals surface area contributed by atoms with Gasteiger partial charge in [-0.2, -0.15) is 13.2 Å². The van der Waals surface area contributed by atoms with Gasteiger partial charge in [0, 0.05) is 17.2 Å². The summed E-state index contributed by atoms with van der Waals surface area (Å²) < 4.78 is 47.5. The Morgan fingerprint density at radius 1 is 1.07 bits per heavy atom. The summed E-state index contributed by atoms with van der Waals surface area (Å²) in [7, 11) is 0. The molecule has 3 N–H and O–H groups in total. The standard InChI is InChI=1S/C28H30N4O6.C2HF3O2/c1-15(2)23(29)25(34)37-19-10-11-20-22(14-19)38-28(4,5)21-12-13-30-26(35)31(27(36)32(30)24(20)21)18-8-6-17(7-9-18)16(3)33;3-2(4,5)1(6)7/h6-12,14-15,23-24H,13,29H2,1-5H3;(H,6,7). The van der Waals surface area contributed by atoms with E-state index in [1.807, 2.05) is 33.8 Å². The number of ketones is 1. The molecule has 45 heavy (non-hydrogen) atoms. The van der Waals surface area contributed by atoms with Gasteiger partial charge in [-0.1, -0.05) is 19.9 Å². The highest BCUT2D eigenvalue weighted by Gasteiger charge is 2.44. The highest BCUT2D eigenvalue weighted by Crippen LogP contribution is 2.47. The lowest BCUT2D eigenvalue weighted by Crippen LogP contribution is -2.46. The van der Waals surface area contributed by atoms with Gasteiger partial charge in [0.2, 0.25) is 0 Å². The number of Topliss-reactive ketones (excluding diaryl/α,β-unsaturated/α-hetero) is 1. The molecule has 2 aromatic carbocycles. The van der Waals surface area contributed by atoms with Gasteiger partial charge < -0.3 is 20.3 Å². The van der Waals surface area contributed by atoms with E-state index in [0.29, 0.717) is 22.6 Å². The van der Waals surface area contributed by atoms with Crippen LogP contribution in [0.25, 0.3) is 5.69 Å². The van der Waals surface area contributed by atoms with E-state index in [0.717, 1.165) is 10.1 Å². The van der Waals surface area contributed by atoms with Gasteiger partial charge in [0.25, 0.3) is 0 Å². The van der Waals surface area contributed by atoms with Crippen LogP contribution in [0.4, 0.5) is 13.2 Å². The Kier molecular flexibility index (Phi) is 8.70. The summed E-state index contributed by atoms with van der Waals surface area (Å²) in [5, 5.41) is 7.12. The predicted octanol–water partition coefficient (Wildman–Crippen LogP) is 3.23. The molecule has 0 fully saturated rings. The fourth-order valence-corrected chi connectivity index (χ4v) is 4.96. The number of benzene rings is 2. The number of carboxylic acids is 1. The third-order valence-electron chi connectivity index (χ3n) is 7.41. The lowest BCUT2D eigenvalue weighted by Gasteiger charge is -2.42. The molecule has 15 heteroatoms. The van der Waals surface area contributed by atoms with Crippen molar-refractivity contribution >= 4 is 17.7 Å².